The van der Waals surface area contributed by atoms with E-state index in [0.717, 1.165) is 17.7 Å². The van der Waals surface area contributed by atoms with Gasteiger partial charge in [-0.1, -0.05) is 30.3 Å². The quantitative estimate of drug-likeness (QED) is 0.760. The molecule has 6 heteroatoms. The number of H-pyrrole nitrogens is 1. The van der Waals surface area contributed by atoms with Gasteiger partial charge in [0, 0.05) is 12.1 Å². The highest BCUT2D eigenvalue weighted by atomic mass is 19.1. The summed E-state index contributed by atoms with van der Waals surface area (Å²) in [6.07, 6.45) is 0. The molecule has 1 atom stereocenters. The van der Waals surface area contributed by atoms with E-state index in [1.54, 1.807) is 0 Å². The number of hydrogen-bond donors (Lipinski definition) is 2. The SMILES string of the molecule is Cc1nc([C@H](NCc2cc(F)ccc2F)c2ccccc2)n[nH]1. The Morgan fingerprint density at radius 2 is 1.91 bits per heavy atom. The van der Waals surface area contributed by atoms with Crippen LogP contribution in [0.25, 0.3) is 0 Å². The Morgan fingerprint density at radius 3 is 2.61 bits per heavy atom. The van der Waals surface area contributed by atoms with Crippen molar-refractivity contribution >= 4 is 0 Å². The molecule has 1 heterocycles. The predicted octanol–water partition coefficient (Wildman–Crippen LogP) is 3.27. The molecule has 2 N–H and O–H groups in total. The van der Waals surface area contributed by atoms with E-state index in [2.05, 4.69) is 20.5 Å². The van der Waals surface area contributed by atoms with E-state index in [1.165, 1.54) is 6.07 Å². The van der Waals surface area contributed by atoms with E-state index in [-0.39, 0.29) is 18.2 Å². The van der Waals surface area contributed by atoms with E-state index < -0.39 is 11.6 Å². The maximum atomic E-state index is 13.8. The zero-order valence-electron chi connectivity index (χ0n) is 12.6. The number of aromatic nitrogens is 3. The van der Waals surface area contributed by atoms with Crippen molar-refractivity contribution in [2.75, 3.05) is 0 Å². The summed E-state index contributed by atoms with van der Waals surface area (Å²) in [5.74, 6) is 0.343. The molecule has 0 bridgehead atoms. The first kappa shape index (κ1) is 15.3. The van der Waals surface area contributed by atoms with E-state index in [1.807, 2.05) is 37.3 Å². The van der Waals surface area contributed by atoms with Crippen LogP contribution in [0.2, 0.25) is 0 Å². The van der Waals surface area contributed by atoms with Gasteiger partial charge >= 0.3 is 0 Å². The maximum Gasteiger partial charge on any atom is 0.172 e. The van der Waals surface area contributed by atoms with Crippen molar-refractivity contribution in [1.29, 1.82) is 0 Å². The normalized spacial score (nSPS) is 12.3. The van der Waals surface area contributed by atoms with E-state index in [0.29, 0.717) is 11.6 Å². The molecule has 23 heavy (non-hydrogen) atoms. The number of halogens is 2. The molecule has 0 spiro atoms. The van der Waals surface area contributed by atoms with Crippen LogP contribution in [0.4, 0.5) is 8.78 Å². The third-order valence-corrected chi connectivity index (χ3v) is 3.51. The monoisotopic (exact) mass is 314 g/mol. The zero-order chi connectivity index (χ0) is 16.2. The molecule has 3 aromatic rings. The Morgan fingerprint density at radius 1 is 1.13 bits per heavy atom. The molecule has 2 aromatic carbocycles. The summed E-state index contributed by atoms with van der Waals surface area (Å²) in [5, 5.41) is 10.2. The number of aromatic amines is 1. The number of aryl methyl sites for hydroxylation is 1. The van der Waals surface area contributed by atoms with Gasteiger partial charge in [0.1, 0.15) is 17.5 Å². The topological polar surface area (TPSA) is 53.6 Å². The lowest BCUT2D eigenvalue weighted by atomic mass is 10.1. The molecule has 3 rings (SSSR count). The maximum absolute atomic E-state index is 13.8. The summed E-state index contributed by atoms with van der Waals surface area (Å²) in [7, 11) is 0. The molecule has 0 saturated carbocycles. The molecular formula is C17H16F2N4. The Hall–Kier alpha value is -2.60. The van der Waals surface area contributed by atoms with Crippen LogP contribution in [0.1, 0.15) is 28.8 Å². The minimum atomic E-state index is -0.465. The third kappa shape index (κ3) is 3.60. The van der Waals surface area contributed by atoms with Gasteiger partial charge in [-0.25, -0.2) is 13.8 Å². The van der Waals surface area contributed by atoms with Crippen LogP contribution < -0.4 is 5.32 Å². The van der Waals surface area contributed by atoms with Gasteiger partial charge in [-0.05, 0) is 30.7 Å². The molecule has 0 saturated heterocycles. The van der Waals surface area contributed by atoms with Crippen molar-refractivity contribution in [2.24, 2.45) is 0 Å². The predicted molar refractivity (Wildman–Crippen MR) is 82.6 cm³/mol. The Labute approximate surface area is 132 Å². The summed E-state index contributed by atoms with van der Waals surface area (Å²) in [6.45, 7) is 1.97. The van der Waals surface area contributed by atoms with Gasteiger partial charge in [0.2, 0.25) is 0 Å². The van der Waals surface area contributed by atoms with Crippen molar-refractivity contribution in [2.45, 2.75) is 19.5 Å². The first-order valence-corrected chi connectivity index (χ1v) is 7.24. The molecule has 4 nitrogen and oxygen atoms in total. The van der Waals surface area contributed by atoms with Crippen LogP contribution in [0.15, 0.2) is 48.5 Å². The molecule has 0 radical (unpaired) electrons. The fourth-order valence-corrected chi connectivity index (χ4v) is 2.38. The van der Waals surface area contributed by atoms with Gasteiger partial charge in [0.25, 0.3) is 0 Å². The van der Waals surface area contributed by atoms with E-state index in [9.17, 15) is 8.78 Å². The first-order valence-electron chi connectivity index (χ1n) is 7.24. The van der Waals surface area contributed by atoms with Crippen molar-refractivity contribution in [3.63, 3.8) is 0 Å². The summed E-state index contributed by atoms with van der Waals surface area (Å²) < 4.78 is 27.1. The van der Waals surface area contributed by atoms with Crippen LogP contribution in [0.3, 0.4) is 0 Å². The highest BCUT2D eigenvalue weighted by Gasteiger charge is 2.18. The van der Waals surface area contributed by atoms with Crippen molar-refractivity contribution in [1.82, 2.24) is 20.5 Å². The van der Waals surface area contributed by atoms with E-state index in [4.69, 9.17) is 0 Å². The lowest BCUT2D eigenvalue weighted by Gasteiger charge is -2.16. The number of benzene rings is 2. The third-order valence-electron chi connectivity index (χ3n) is 3.51. The second-order valence-electron chi connectivity index (χ2n) is 5.24. The van der Waals surface area contributed by atoms with Crippen molar-refractivity contribution in [3.05, 3.63) is 82.9 Å². The molecule has 0 unspecified atom stereocenters. The van der Waals surface area contributed by atoms with Gasteiger partial charge in [-0.15, -0.1) is 0 Å². The fourth-order valence-electron chi connectivity index (χ4n) is 2.38. The highest BCUT2D eigenvalue weighted by molar-refractivity contribution is 5.25. The minimum Gasteiger partial charge on any atom is -0.299 e. The lowest BCUT2D eigenvalue weighted by molar-refractivity contribution is 0.538. The Bertz CT molecular complexity index is 786. The average Bonchev–Trinajstić information content (AvgIpc) is 2.98. The summed E-state index contributed by atoms with van der Waals surface area (Å²) in [5.41, 5.74) is 1.21. The van der Waals surface area contributed by atoms with Crippen LogP contribution in [-0.2, 0) is 6.54 Å². The highest BCUT2D eigenvalue weighted by Crippen LogP contribution is 2.20. The van der Waals surface area contributed by atoms with Gasteiger partial charge in [0.15, 0.2) is 5.82 Å². The molecule has 0 amide bonds. The molecule has 0 aliphatic rings. The van der Waals surface area contributed by atoms with Crippen molar-refractivity contribution in [3.8, 4) is 0 Å². The molecule has 118 valence electrons. The number of hydrogen-bond acceptors (Lipinski definition) is 3. The van der Waals surface area contributed by atoms with Gasteiger partial charge in [-0.2, -0.15) is 5.10 Å². The fraction of sp³-hybridized carbons (Fsp3) is 0.176. The molecular weight excluding hydrogens is 298 g/mol. The molecule has 0 aliphatic carbocycles. The second-order valence-corrected chi connectivity index (χ2v) is 5.24. The molecule has 0 fully saturated rings. The first-order chi connectivity index (χ1) is 11.1. The Kier molecular flexibility index (Phi) is 4.43. The van der Waals surface area contributed by atoms with Crippen LogP contribution in [-0.4, -0.2) is 15.2 Å². The summed E-state index contributed by atoms with van der Waals surface area (Å²) in [4.78, 5) is 4.34. The van der Waals surface area contributed by atoms with Gasteiger partial charge in [-0.3, -0.25) is 10.4 Å². The molecule has 0 aliphatic heterocycles. The minimum absolute atomic E-state index is 0.163. The standard InChI is InChI=1S/C17H16F2N4/c1-11-21-17(23-22-11)16(12-5-3-2-4-6-12)20-10-13-9-14(18)7-8-15(13)19/h2-9,16,20H,10H2,1H3,(H,21,22,23)/t16-/m1/s1. The second kappa shape index (κ2) is 6.66. The number of rotatable bonds is 5. The average molecular weight is 314 g/mol. The summed E-state index contributed by atoms with van der Waals surface area (Å²) >= 11 is 0. The lowest BCUT2D eigenvalue weighted by Crippen LogP contribution is -2.23. The number of nitrogens with zero attached hydrogens (tertiary/aromatic N) is 2. The Balaban J connectivity index is 1.86. The van der Waals surface area contributed by atoms with E-state index >= 15 is 0 Å². The van der Waals surface area contributed by atoms with Crippen molar-refractivity contribution < 1.29 is 8.78 Å². The molecule has 1 aromatic heterocycles. The van der Waals surface area contributed by atoms with Gasteiger partial charge < -0.3 is 0 Å². The number of nitrogens with one attached hydrogen (secondary N) is 2. The van der Waals surface area contributed by atoms with Crippen LogP contribution >= 0.6 is 0 Å². The zero-order valence-corrected chi connectivity index (χ0v) is 12.6. The van der Waals surface area contributed by atoms with Crippen LogP contribution in [0.5, 0.6) is 0 Å². The summed E-state index contributed by atoms with van der Waals surface area (Å²) in [6, 6.07) is 12.7. The van der Waals surface area contributed by atoms with Gasteiger partial charge in [0.05, 0.1) is 6.04 Å². The smallest absolute Gasteiger partial charge is 0.172 e. The van der Waals surface area contributed by atoms with Crippen LogP contribution in [0, 0.1) is 18.6 Å². The largest absolute Gasteiger partial charge is 0.299 e.